The fourth-order valence-corrected chi connectivity index (χ4v) is 3.39. The molecule has 2 atom stereocenters. The van der Waals surface area contributed by atoms with E-state index in [-0.39, 0.29) is 11.7 Å². The summed E-state index contributed by atoms with van der Waals surface area (Å²) in [7, 11) is 3.21. The lowest BCUT2D eigenvalue weighted by atomic mass is 9.74. The number of hydrogen-bond donors (Lipinski definition) is 0. The van der Waals surface area contributed by atoms with Crippen LogP contribution in [0.25, 0.3) is 0 Å². The van der Waals surface area contributed by atoms with E-state index in [1.165, 1.54) is 6.42 Å². The molecule has 2 rings (SSSR count). The fraction of sp³-hybridized carbons (Fsp3) is 0.588. The first-order chi connectivity index (χ1) is 9.55. The minimum absolute atomic E-state index is 0.106. The average Bonchev–Trinajstić information content (AvgIpc) is 2.44. The predicted octanol–water partition coefficient (Wildman–Crippen LogP) is 3.96. The summed E-state index contributed by atoms with van der Waals surface area (Å²) in [5, 5.41) is 0. The van der Waals surface area contributed by atoms with Crippen LogP contribution in [0.15, 0.2) is 18.2 Å². The SMILES string of the molecule is COc1ccc(OC)c(C(=O)C2CC(C)CC(C)C2)c1. The van der Waals surface area contributed by atoms with Gasteiger partial charge >= 0.3 is 0 Å². The molecule has 0 bridgehead atoms. The van der Waals surface area contributed by atoms with Crippen molar-refractivity contribution in [1.82, 2.24) is 0 Å². The van der Waals surface area contributed by atoms with Crippen molar-refractivity contribution < 1.29 is 14.3 Å². The third kappa shape index (κ3) is 3.14. The molecular formula is C17H24O3. The number of ketones is 1. The Hall–Kier alpha value is -1.51. The first kappa shape index (κ1) is 14.9. The predicted molar refractivity (Wildman–Crippen MR) is 79.5 cm³/mol. The number of benzene rings is 1. The smallest absolute Gasteiger partial charge is 0.169 e. The molecule has 110 valence electrons. The Morgan fingerprint density at radius 2 is 1.70 bits per heavy atom. The van der Waals surface area contributed by atoms with Gasteiger partial charge in [0.05, 0.1) is 19.8 Å². The van der Waals surface area contributed by atoms with Crippen molar-refractivity contribution in [3.8, 4) is 11.5 Å². The van der Waals surface area contributed by atoms with Gasteiger partial charge < -0.3 is 9.47 Å². The highest BCUT2D eigenvalue weighted by Crippen LogP contribution is 2.36. The molecule has 1 aromatic carbocycles. The maximum Gasteiger partial charge on any atom is 0.169 e. The zero-order valence-electron chi connectivity index (χ0n) is 12.8. The maximum absolute atomic E-state index is 12.8. The van der Waals surface area contributed by atoms with E-state index in [1.54, 1.807) is 20.3 Å². The molecule has 0 spiro atoms. The molecule has 0 aromatic heterocycles. The van der Waals surface area contributed by atoms with Crippen LogP contribution in [0.4, 0.5) is 0 Å². The Labute approximate surface area is 121 Å². The van der Waals surface area contributed by atoms with E-state index in [0.717, 1.165) is 12.8 Å². The van der Waals surface area contributed by atoms with Crippen molar-refractivity contribution in [2.24, 2.45) is 17.8 Å². The second-order valence-electron chi connectivity index (χ2n) is 6.04. The highest BCUT2D eigenvalue weighted by molar-refractivity contribution is 6.00. The third-order valence-electron chi connectivity index (χ3n) is 4.22. The summed E-state index contributed by atoms with van der Waals surface area (Å²) < 4.78 is 10.6. The minimum atomic E-state index is 0.106. The van der Waals surface area contributed by atoms with Crippen molar-refractivity contribution in [3.63, 3.8) is 0 Å². The molecule has 20 heavy (non-hydrogen) atoms. The Morgan fingerprint density at radius 3 is 2.25 bits per heavy atom. The molecule has 3 heteroatoms. The lowest BCUT2D eigenvalue weighted by Crippen LogP contribution is -2.26. The number of ether oxygens (including phenoxy) is 2. The van der Waals surface area contributed by atoms with Gasteiger partial charge in [0, 0.05) is 5.92 Å². The Morgan fingerprint density at radius 1 is 1.05 bits per heavy atom. The summed E-state index contributed by atoms with van der Waals surface area (Å²) >= 11 is 0. The molecule has 0 aliphatic heterocycles. The molecule has 0 saturated heterocycles. The van der Waals surface area contributed by atoms with Crippen LogP contribution in [-0.4, -0.2) is 20.0 Å². The molecule has 3 nitrogen and oxygen atoms in total. The van der Waals surface area contributed by atoms with Gasteiger partial charge in [-0.15, -0.1) is 0 Å². The normalized spacial score (nSPS) is 26.1. The molecule has 0 N–H and O–H groups in total. The molecule has 1 aliphatic rings. The van der Waals surface area contributed by atoms with E-state index >= 15 is 0 Å². The molecule has 2 unspecified atom stereocenters. The van der Waals surface area contributed by atoms with Crippen LogP contribution < -0.4 is 9.47 Å². The van der Waals surface area contributed by atoms with Crippen LogP contribution in [0.5, 0.6) is 11.5 Å². The standard InChI is InChI=1S/C17H24O3/c1-11-7-12(2)9-13(8-11)17(18)15-10-14(19-3)5-6-16(15)20-4/h5-6,10-13H,7-9H2,1-4H3. The zero-order valence-corrected chi connectivity index (χ0v) is 12.8. The van der Waals surface area contributed by atoms with Gasteiger partial charge in [-0.05, 0) is 49.3 Å². The largest absolute Gasteiger partial charge is 0.497 e. The van der Waals surface area contributed by atoms with Crippen LogP contribution in [0.1, 0.15) is 43.5 Å². The number of methoxy groups -OCH3 is 2. The molecule has 0 radical (unpaired) electrons. The topological polar surface area (TPSA) is 35.5 Å². The number of hydrogen-bond acceptors (Lipinski definition) is 3. The van der Waals surface area contributed by atoms with Crippen LogP contribution in [0, 0.1) is 17.8 Å². The summed E-state index contributed by atoms with van der Waals surface area (Å²) in [5.74, 6) is 2.87. The molecule has 0 amide bonds. The van der Waals surface area contributed by atoms with Crippen molar-refractivity contribution >= 4 is 5.78 Å². The van der Waals surface area contributed by atoms with Crippen molar-refractivity contribution in [1.29, 1.82) is 0 Å². The van der Waals surface area contributed by atoms with Gasteiger partial charge in [0.25, 0.3) is 0 Å². The van der Waals surface area contributed by atoms with Crippen LogP contribution in [0.3, 0.4) is 0 Å². The van der Waals surface area contributed by atoms with E-state index in [0.29, 0.717) is 28.9 Å². The van der Waals surface area contributed by atoms with Gasteiger partial charge in [-0.25, -0.2) is 0 Å². The van der Waals surface area contributed by atoms with Crippen LogP contribution in [-0.2, 0) is 0 Å². The van der Waals surface area contributed by atoms with E-state index < -0.39 is 0 Å². The average molecular weight is 276 g/mol. The molecule has 1 fully saturated rings. The van der Waals surface area contributed by atoms with Gasteiger partial charge in [-0.2, -0.15) is 0 Å². The second kappa shape index (κ2) is 6.29. The van der Waals surface area contributed by atoms with Crippen LogP contribution in [0.2, 0.25) is 0 Å². The van der Waals surface area contributed by atoms with Crippen molar-refractivity contribution in [2.45, 2.75) is 33.1 Å². The van der Waals surface area contributed by atoms with Gasteiger partial charge in [-0.3, -0.25) is 4.79 Å². The van der Waals surface area contributed by atoms with Crippen molar-refractivity contribution in [2.75, 3.05) is 14.2 Å². The molecule has 0 heterocycles. The number of Topliss-reactive ketones (excluding diaryl/α,β-unsaturated/α-hetero) is 1. The minimum Gasteiger partial charge on any atom is -0.497 e. The molecule has 1 aromatic rings. The van der Waals surface area contributed by atoms with Crippen LogP contribution >= 0.6 is 0 Å². The summed E-state index contributed by atoms with van der Waals surface area (Å²) in [6.45, 7) is 4.47. The zero-order chi connectivity index (χ0) is 14.7. The van der Waals surface area contributed by atoms with E-state index in [4.69, 9.17) is 9.47 Å². The van der Waals surface area contributed by atoms with Gasteiger partial charge in [0.2, 0.25) is 0 Å². The Balaban J connectivity index is 2.27. The molecular weight excluding hydrogens is 252 g/mol. The lowest BCUT2D eigenvalue weighted by Gasteiger charge is -2.30. The highest BCUT2D eigenvalue weighted by atomic mass is 16.5. The summed E-state index contributed by atoms with van der Waals surface area (Å²) in [5.41, 5.74) is 0.651. The highest BCUT2D eigenvalue weighted by Gasteiger charge is 2.31. The van der Waals surface area contributed by atoms with E-state index in [2.05, 4.69) is 13.8 Å². The Bertz CT molecular complexity index is 471. The quantitative estimate of drug-likeness (QED) is 0.781. The molecule has 1 saturated carbocycles. The van der Waals surface area contributed by atoms with Gasteiger partial charge in [0.15, 0.2) is 5.78 Å². The first-order valence-electron chi connectivity index (χ1n) is 7.31. The third-order valence-corrected chi connectivity index (χ3v) is 4.22. The monoisotopic (exact) mass is 276 g/mol. The summed E-state index contributed by atoms with van der Waals surface area (Å²) in [6, 6.07) is 5.43. The van der Waals surface area contributed by atoms with Gasteiger partial charge in [-0.1, -0.05) is 13.8 Å². The maximum atomic E-state index is 12.8. The fourth-order valence-electron chi connectivity index (χ4n) is 3.39. The van der Waals surface area contributed by atoms with Gasteiger partial charge in [0.1, 0.15) is 11.5 Å². The van der Waals surface area contributed by atoms with Crippen molar-refractivity contribution in [3.05, 3.63) is 23.8 Å². The van der Waals surface area contributed by atoms with E-state index in [1.807, 2.05) is 12.1 Å². The number of carbonyl (C=O) groups excluding carboxylic acids is 1. The summed E-state index contributed by atoms with van der Waals surface area (Å²) in [4.78, 5) is 12.8. The van der Waals surface area contributed by atoms with E-state index in [9.17, 15) is 4.79 Å². The molecule has 1 aliphatic carbocycles. The first-order valence-corrected chi connectivity index (χ1v) is 7.31. The number of rotatable bonds is 4. The Kier molecular flexibility index (Phi) is 4.69. The lowest BCUT2D eigenvalue weighted by molar-refractivity contribution is 0.0832. The summed E-state index contributed by atoms with van der Waals surface area (Å²) in [6.07, 6.45) is 3.17. The number of carbonyl (C=O) groups is 1. The second-order valence-corrected chi connectivity index (χ2v) is 6.04.